The third-order valence-corrected chi connectivity index (χ3v) is 11.7. The van der Waals surface area contributed by atoms with Crippen molar-refractivity contribution in [3.05, 3.63) is 84.7 Å². The van der Waals surface area contributed by atoms with Gasteiger partial charge >= 0.3 is 12.2 Å². The number of aromatic nitrogens is 4. The minimum Gasteiger partial charge on any atom is -0.453 e. The van der Waals surface area contributed by atoms with E-state index in [2.05, 4.69) is 95.1 Å². The number of methoxy groups -OCH3 is 2. The topological polar surface area (TPSA) is 175 Å². The number of nitrogens with zero attached hydrogens (tertiary/aromatic N) is 4. The van der Waals surface area contributed by atoms with Crippen molar-refractivity contribution < 1.29 is 28.7 Å². The zero-order valence-corrected chi connectivity index (χ0v) is 37.6. The first-order valence-electron chi connectivity index (χ1n) is 21.7. The molecule has 0 radical (unpaired) electrons. The number of ether oxygens (including phenoxy) is 2. The Hall–Kier alpha value is -6.18. The normalized spacial score (nSPS) is 15.6. The first kappa shape index (κ1) is 45.3. The summed E-state index contributed by atoms with van der Waals surface area (Å²) in [6.07, 6.45) is 4.69. The number of likely N-dealkylation sites (tertiary alicyclic amines) is 1. The maximum absolute atomic E-state index is 14.1. The number of alkyl carbamates (subject to hydrolysis) is 2. The van der Waals surface area contributed by atoms with Gasteiger partial charge in [-0.15, -0.1) is 0 Å². The minimum absolute atomic E-state index is 0.109. The van der Waals surface area contributed by atoms with Gasteiger partial charge in [0.05, 0.1) is 50.1 Å². The smallest absolute Gasteiger partial charge is 0.407 e. The van der Waals surface area contributed by atoms with Crippen LogP contribution >= 0.6 is 0 Å². The van der Waals surface area contributed by atoms with E-state index in [0.717, 1.165) is 63.1 Å². The fourth-order valence-electron chi connectivity index (χ4n) is 8.36. The number of hydrogen-bond donors (Lipinski definition) is 4. The Morgan fingerprint density at radius 2 is 1.27 bits per heavy atom. The van der Waals surface area contributed by atoms with Gasteiger partial charge in [0.2, 0.25) is 11.8 Å². The fourth-order valence-corrected chi connectivity index (χ4v) is 8.36. The highest BCUT2D eigenvalue weighted by atomic mass is 16.5. The molecule has 4 N–H and O–H groups in total. The quantitative estimate of drug-likeness (QED) is 0.0808. The Morgan fingerprint density at radius 3 is 1.87 bits per heavy atom. The van der Waals surface area contributed by atoms with E-state index < -0.39 is 24.3 Å². The van der Waals surface area contributed by atoms with E-state index in [1.54, 1.807) is 0 Å². The second kappa shape index (κ2) is 19.7. The molecule has 2 aromatic heterocycles. The molecular weight excluding hydrogens is 785 g/mol. The van der Waals surface area contributed by atoms with Gasteiger partial charge in [0.25, 0.3) is 0 Å². The second-order valence-electron chi connectivity index (χ2n) is 17.6. The van der Waals surface area contributed by atoms with Crippen molar-refractivity contribution in [1.82, 2.24) is 40.4 Å². The Kier molecular flexibility index (Phi) is 14.4. The number of H-pyrrole nitrogens is 2. The summed E-state index contributed by atoms with van der Waals surface area (Å²) in [5.41, 5.74) is 5.83. The van der Waals surface area contributed by atoms with Crippen LogP contribution < -0.4 is 10.6 Å². The molecule has 0 saturated carbocycles. The van der Waals surface area contributed by atoms with Gasteiger partial charge in [-0.05, 0) is 90.5 Å². The first-order chi connectivity index (χ1) is 29.6. The number of nitrogens with one attached hydrogen (secondary N) is 4. The van der Waals surface area contributed by atoms with Crippen molar-refractivity contribution in [3.63, 3.8) is 0 Å². The third kappa shape index (κ3) is 10.1. The van der Waals surface area contributed by atoms with Gasteiger partial charge < -0.3 is 39.9 Å². The van der Waals surface area contributed by atoms with Gasteiger partial charge in [0, 0.05) is 18.2 Å². The molecule has 1 saturated heterocycles. The average Bonchev–Trinajstić information content (AvgIpc) is 4.05. The van der Waals surface area contributed by atoms with Crippen LogP contribution in [0.4, 0.5) is 9.59 Å². The molecule has 5 aromatic rings. The van der Waals surface area contributed by atoms with Gasteiger partial charge in [-0.25, -0.2) is 19.6 Å². The summed E-state index contributed by atoms with van der Waals surface area (Å²) < 4.78 is 9.61. The number of rotatable bonds is 15. The van der Waals surface area contributed by atoms with E-state index in [-0.39, 0.29) is 47.7 Å². The predicted octanol–water partition coefficient (Wildman–Crippen LogP) is 9.04. The van der Waals surface area contributed by atoms with E-state index in [0.29, 0.717) is 18.8 Å². The Balaban J connectivity index is 1.17. The SMILES string of the molecule is COC(=O)N[C@H](C(=O)N1CCC[C@H]1c1ncc(-c2ccc3cc(-c4ccc(-c5cnc([C@H](CC(C)C)N(C(=O)[C@@H](NC(=O)OC)C(C)C)C(C)C)[nH]5)cc4)ccc3c2)[nH]1)C(C)C. The summed E-state index contributed by atoms with van der Waals surface area (Å²) in [5, 5.41) is 7.63. The van der Waals surface area contributed by atoms with Crippen LogP contribution in [0.15, 0.2) is 73.1 Å². The van der Waals surface area contributed by atoms with Crippen LogP contribution in [0.3, 0.4) is 0 Å². The maximum atomic E-state index is 14.1. The van der Waals surface area contributed by atoms with Crippen molar-refractivity contribution in [1.29, 1.82) is 0 Å². The molecule has 3 aromatic carbocycles. The van der Waals surface area contributed by atoms with Gasteiger partial charge in [-0.3, -0.25) is 9.59 Å². The predicted molar refractivity (Wildman–Crippen MR) is 241 cm³/mol. The summed E-state index contributed by atoms with van der Waals surface area (Å²) in [5.74, 6) is 1.12. The summed E-state index contributed by atoms with van der Waals surface area (Å²) in [6, 6.07) is 19.0. The molecule has 1 aliphatic rings. The van der Waals surface area contributed by atoms with Gasteiger partial charge in [-0.2, -0.15) is 0 Å². The number of aromatic amines is 2. The number of carbonyl (C=O) groups is 4. The number of benzene rings is 3. The molecule has 6 rings (SSSR count). The van der Waals surface area contributed by atoms with Crippen LogP contribution in [-0.4, -0.2) is 92.6 Å². The Labute approximate surface area is 364 Å². The lowest BCUT2D eigenvalue weighted by Gasteiger charge is -2.38. The molecule has 0 spiro atoms. The van der Waals surface area contributed by atoms with E-state index >= 15 is 0 Å². The van der Waals surface area contributed by atoms with Gasteiger partial charge in [0.1, 0.15) is 23.7 Å². The number of amides is 4. The maximum Gasteiger partial charge on any atom is 0.407 e. The number of fused-ring (bicyclic) bond motifs is 1. The molecule has 4 amide bonds. The second-order valence-corrected chi connectivity index (χ2v) is 17.6. The number of carbonyl (C=O) groups excluding carboxylic acids is 4. The van der Waals surface area contributed by atoms with Gasteiger partial charge in [-0.1, -0.05) is 90.1 Å². The summed E-state index contributed by atoms with van der Waals surface area (Å²) in [4.78, 5) is 72.1. The lowest BCUT2D eigenvalue weighted by molar-refractivity contribution is -0.139. The molecule has 0 aliphatic carbocycles. The van der Waals surface area contributed by atoms with Crippen LogP contribution in [0.25, 0.3) is 44.4 Å². The van der Waals surface area contributed by atoms with Crippen LogP contribution in [0.5, 0.6) is 0 Å². The molecule has 330 valence electrons. The summed E-state index contributed by atoms with van der Waals surface area (Å²) in [7, 11) is 2.59. The lowest BCUT2D eigenvalue weighted by atomic mass is 9.96. The van der Waals surface area contributed by atoms with Crippen LogP contribution in [0.1, 0.15) is 98.4 Å². The molecular formula is C48H62N8O6. The van der Waals surface area contributed by atoms with Crippen molar-refractivity contribution in [2.45, 2.75) is 105 Å². The monoisotopic (exact) mass is 846 g/mol. The molecule has 62 heavy (non-hydrogen) atoms. The molecule has 1 fully saturated rings. The average molecular weight is 847 g/mol. The standard InChI is InChI=1S/C48H62N8O6/c1-27(2)22-40(56(30(7)8)46(58)42(29(5)6)54-48(60)62-10)44-50-25-37(51-44)32-15-13-31(14-16-32)33-17-18-35-24-36(20-19-34(35)23-33)38-26-49-43(52-38)39-12-11-21-55(39)45(57)41(28(3)4)53-47(59)61-9/h13-20,23-30,39-42H,11-12,21-22H2,1-10H3,(H,49,52)(H,50,51)(H,53,59)(H,54,60)/t39-,40-,41-,42-/m0/s1. The third-order valence-electron chi connectivity index (χ3n) is 11.7. The molecule has 3 heterocycles. The number of imidazole rings is 2. The molecule has 0 unspecified atom stereocenters. The van der Waals surface area contributed by atoms with Crippen molar-refractivity contribution >= 4 is 34.8 Å². The van der Waals surface area contributed by atoms with E-state index in [1.165, 1.54) is 14.2 Å². The highest BCUT2D eigenvalue weighted by Crippen LogP contribution is 2.35. The van der Waals surface area contributed by atoms with Crippen LogP contribution in [0.2, 0.25) is 0 Å². The first-order valence-corrected chi connectivity index (χ1v) is 21.7. The molecule has 14 nitrogen and oxygen atoms in total. The zero-order valence-electron chi connectivity index (χ0n) is 37.6. The number of hydrogen-bond acceptors (Lipinski definition) is 8. The van der Waals surface area contributed by atoms with E-state index in [9.17, 15) is 19.2 Å². The van der Waals surface area contributed by atoms with E-state index in [4.69, 9.17) is 19.4 Å². The van der Waals surface area contributed by atoms with Gasteiger partial charge in [0.15, 0.2) is 0 Å². The van der Waals surface area contributed by atoms with Crippen LogP contribution in [0, 0.1) is 17.8 Å². The van der Waals surface area contributed by atoms with Crippen molar-refractivity contribution in [3.8, 4) is 33.6 Å². The van der Waals surface area contributed by atoms with Crippen LogP contribution in [-0.2, 0) is 19.1 Å². The molecule has 4 atom stereocenters. The summed E-state index contributed by atoms with van der Waals surface area (Å²) in [6.45, 7) is 16.4. The molecule has 0 bridgehead atoms. The Morgan fingerprint density at radius 1 is 0.726 bits per heavy atom. The molecule has 14 heteroatoms. The summed E-state index contributed by atoms with van der Waals surface area (Å²) >= 11 is 0. The molecule has 1 aliphatic heterocycles. The minimum atomic E-state index is -0.750. The van der Waals surface area contributed by atoms with E-state index in [1.807, 2.05) is 63.7 Å². The lowest BCUT2D eigenvalue weighted by Crippen LogP contribution is -2.54. The fraction of sp³-hybridized carbons (Fsp3) is 0.458. The van der Waals surface area contributed by atoms with Crippen molar-refractivity contribution in [2.75, 3.05) is 20.8 Å². The highest BCUT2D eigenvalue weighted by Gasteiger charge is 2.38. The largest absolute Gasteiger partial charge is 0.453 e. The van der Waals surface area contributed by atoms with Crippen molar-refractivity contribution in [2.24, 2.45) is 17.8 Å². The zero-order chi connectivity index (χ0) is 44.8. The highest BCUT2D eigenvalue weighted by molar-refractivity contribution is 5.91. The Bertz CT molecular complexity index is 2350.